The van der Waals surface area contributed by atoms with Crippen LogP contribution >= 0.6 is 11.3 Å². The van der Waals surface area contributed by atoms with Gasteiger partial charge in [-0.2, -0.15) is 0 Å². The summed E-state index contributed by atoms with van der Waals surface area (Å²) in [6.07, 6.45) is 0. The molecule has 4 N–H and O–H groups in total. The molecule has 1 aromatic heterocycles. The Morgan fingerprint density at radius 2 is 1.76 bits per heavy atom. The molecule has 0 aliphatic heterocycles. The quantitative estimate of drug-likeness (QED) is 0.506. The fourth-order valence-corrected chi connectivity index (χ4v) is 3.92. The third-order valence-corrected chi connectivity index (χ3v) is 5.28. The highest BCUT2D eigenvalue weighted by Gasteiger charge is 2.16. The second-order valence-electron chi connectivity index (χ2n) is 4.26. The third-order valence-electron chi connectivity index (χ3n) is 2.85. The molecule has 3 aromatic rings. The summed E-state index contributed by atoms with van der Waals surface area (Å²) < 4.78 is 28.0. The topological polar surface area (TPSA) is 97.1 Å². The molecule has 0 saturated carbocycles. The zero-order chi connectivity index (χ0) is 14.9. The number of nitrogen functional groups attached to an aromatic ring is 1. The molecule has 2 aromatic carbocycles. The Kier molecular flexibility index (Phi) is 3.50. The Hall–Kier alpha value is -2.16. The summed E-state index contributed by atoms with van der Waals surface area (Å²) in [5.41, 5.74) is 3.85. The number of sulfonamides is 1. The van der Waals surface area contributed by atoms with Gasteiger partial charge in [-0.1, -0.05) is 23.5 Å². The molecular weight excluding hydrogens is 308 g/mol. The van der Waals surface area contributed by atoms with Crippen molar-refractivity contribution in [3.8, 4) is 0 Å². The minimum Gasteiger partial charge on any atom is -0.324 e. The minimum absolute atomic E-state index is 0.153. The van der Waals surface area contributed by atoms with Crippen molar-refractivity contribution in [2.75, 3.05) is 10.1 Å². The van der Waals surface area contributed by atoms with Gasteiger partial charge in [-0.3, -0.25) is 10.6 Å². The molecule has 3 rings (SSSR count). The smallest absolute Gasteiger partial charge is 0.263 e. The summed E-state index contributed by atoms with van der Waals surface area (Å²) in [6.45, 7) is 0. The van der Waals surface area contributed by atoms with Gasteiger partial charge >= 0.3 is 0 Å². The lowest BCUT2D eigenvalue weighted by molar-refractivity contribution is 0.601. The molecule has 0 aliphatic carbocycles. The molecule has 6 nitrogen and oxygen atoms in total. The average molecular weight is 320 g/mol. The van der Waals surface area contributed by atoms with E-state index in [2.05, 4.69) is 15.1 Å². The molecule has 0 amide bonds. The molecule has 0 unspecified atom stereocenters. The predicted octanol–water partition coefficient (Wildman–Crippen LogP) is 2.38. The third kappa shape index (κ3) is 2.82. The minimum atomic E-state index is -3.66. The van der Waals surface area contributed by atoms with Gasteiger partial charge < -0.3 is 5.43 Å². The fraction of sp³-hybridized carbons (Fsp3) is 0. The number of fused-ring (bicyclic) bond motifs is 1. The van der Waals surface area contributed by atoms with Crippen molar-refractivity contribution < 1.29 is 8.42 Å². The maximum absolute atomic E-state index is 12.3. The van der Waals surface area contributed by atoms with E-state index in [0.29, 0.717) is 10.8 Å². The number of nitrogens with one attached hydrogen (secondary N) is 2. The van der Waals surface area contributed by atoms with Crippen molar-refractivity contribution in [3.63, 3.8) is 0 Å². The number of anilines is 2. The molecular formula is C13H12N4O2S2. The Labute approximate surface area is 125 Å². The zero-order valence-electron chi connectivity index (χ0n) is 10.8. The number of aromatic nitrogens is 1. The van der Waals surface area contributed by atoms with Crippen LogP contribution in [0.2, 0.25) is 0 Å². The van der Waals surface area contributed by atoms with Crippen LogP contribution in [0.5, 0.6) is 0 Å². The second-order valence-corrected chi connectivity index (χ2v) is 6.97. The predicted molar refractivity (Wildman–Crippen MR) is 84.7 cm³/mol. The molecule has 0 radical (unpaired) electrons. The average Bonchev–Trinajstić information content (AvgIpc) is 2.88. The van der Waals surface area contributed by atoms with E-state index in [-0.39, 0.29) is 4.90 Å². The number of benzene rings is 2. The summed E-state index contributed by atoms with van der Waals surface area (Å²) in [5, 5.41) is 0.345. The Balaban J connectivity index is 1.91. The molecule has 0 aliphatic rings. The number of nitrogens with zero attached hydrogens (tertiary/aromatic N) is 1. The number of rotatable bonds is 4. The first-order valence-corrected chi connectivity index (χ1v) is 8.33. The lowest BCUT2D eigenvalue weighted by Crippen LogP contribution is -2.13. The van der Waals surface area contributed by atoms with Crippen molar-refractivity contribution in [1.82, 2.24) is 4.98 Å². The van der Waals surface area contributed by atoms with E-state index in [1.54, 1.807) is 12.1 Å². The number of hydrogen-bond donors (Lipinski definition) is 3. The van der Waals surface area contributed by atoms with Gasteiger partial charge in [0.2, 0.25) is 0 Å². The van der Waals surface area contributed by atoms with Crippen molar-refractivity contribution in [2.45, 2.75) is 4.90 Å². The van der Waals surface area contributed by atoms with Gasteiger partial charge in [-0.25, -0.2) is 13.4 Å². The summed E-state index contributed by atoms with van der Waals surface area (Å²) in [7, 11) is -3.66. The highest BCUT2D eigenvalue weighted by Crippen LogP contribution is 2.27. The molecule has 1 heterocycles. The number of para-hydroxylation sites is 1. The van der Waals surface area contributed by atoms with Gasteiger partial charge in [-0.05, 0) is 36.4 Å². The molecule has 0 fully saturated rings. The van der Waals surface area contributed by atoms with Gasteiger partial charge in [0.05, 0.1) is 15.1 Å². The van der Waals surface area contributed by atoms with E-state index in [4.69, 9.17) is 5.84 Å². The van der Waals surface area contributed by atoms with Gasteiger partial charge in [0.25, 0.3) is 10.0 Å². The van der Waals surface area contributed by atoms with E-state index >= 15 is 0 Å². The van der Waals surface area contributed by atoms with Crippen molar-refractivity contribution >= 4 is 42.4 Å². The monoisotopic (exact) mass is 320 g/mol. The van der Waals surface area contributed by atoms with E-state index in [0.717, 1.165) is 10.2 Å². The van der Waals surface area contributed by atoms with Crippen LogP contribution in [-0.2, 0) is 10.0 Å². The van der Waals surface area contributed by atoms with E-state index in [1.165, 1.54) is 23.5 Å². The standard InChI is InChI=1S/C13H12N4O2S2/c14-16-9-5-7-10(8-6-9)21(18,19)17-13-15-11-3-1-2-4-12(11)20-13/h1-8,16H,14H2,(H,15,17). The lowest BCUT2D eigenvalue weighted by Gasteiger charge is -2.06. The molecule has 0 saturated heterocycles. The molecule has 21 heavy (non-hydrogen) atoms. The first-order chi connectivity index (χ1) is 10.1. The Bertz CT molecular complexity index is 840. The van der Waals surface area contributed by atoms with Crippen LogP contribution in [0.1, 0.15) is 0 Å². The van der Waals surface area contributed by atoms with E-state index < -0.39 is 10.0 Å². The number of thiazole rings is 1. The Morgan fingerprint density at radius 3 is 2.43 bits per heavy atom. The lowest BCUT2D eigenvalue weighted by atomic mass is 10.3. The number of nitrogens with two attached hydrogens (primary N) is 1. The molecule has 8 heteroatoms. The van der Waals surface area contributed by atoms with Crippen LogP contribution in [0.15, 0.2) is 53.4 Å². The summed E-state index contributed by atoms with van der Waals surface area (Å²) in [5.74, 6) is 5.25. The highest BCUT2D eigenvalue weighted by atomic mass is 32.2. The first-order valence-electron chi connectivity index (χ1n) is 6.03. The van der Waals surface area contributed by atoms with Crippen LogP contribution < -0.4 is 16.0 Å². The maximum atomic E-state index is 12.3. The van der Waals surface area contributed by atoms with Crippen molar-refractivity contribution in [3.05, 3.63) is 48.5 Å². The van der Waals surface area contributed by atoms with E-state index in [1.807, 2.05) is 24.3 Å². The maximum Gasteiger partial charge on any atom is 0.263 e. The normalized spacial score (nSPS) is 11.5. The summed E-state index contributed by atoms with van der Waals surface area (Å²) in [4.78, 5) is 4.41. The number of hydrogen-bond acceptors (Lipinski definition) is 6. The molecule has 0 spiro atoms. The molecule has 108 valence electrons. The van der Waals surface area contributed by atoms with Crippen LogP contribution in [-0.4, -0.2) is 13.4 Å². The van der Waals surface area contributed by atoms with Gasteiger partial charge in [0.15, 0.2) is 5.13 Å². The molecule has 0 atom stereocenters. The second kappa shape index (κ2) is 5.32. The largest absolute Gasteiger partial charge is 0.324 e. The number of hydrazine groups is 1. The van der Waals surface area contributed by atoms with Crippen LogP contribution in [0.4, 0.5) is 10.8 Å². The van der Waals surface area contributed by atoms with Crippen LogP contribution in [0, 0.1) is 0 Å². The molecule has 0 bridgehead atoms. The van der Waals surface area contributed by atoms with Crippen LogP contribution in [0.25, 0.3) is 10.2 Å². The van der Waals surface area contributed by atoms with Crippen LogP contribution in [0.3, 0.4) is 0 Å². The summed E-state index contributed by atoms with van der Waals surface area (Å²) in [6, 6.07) is 13.6. The fourth-order valence-electron chi connectivity index (χ4n) is 1.82. The summed E-state index contributed by atoms with van der Waals surface area (Å²) >= 11 is 1.29. The van der Waals surface area contributed by atoms with Crippen molar-refractivity contribution in [1.29, 1.82) is 0 Å². The SMILES string of the molecule is NNc1ccc(S(=O)(=O)Nc2nc3ccccc3s2)cc1. The Morgan fingerprint density at radius 1 is 1.05 bits per heavy atom. The van der Waals surface area contributed by atoms with Gasteiger partial charge in [0.1, 0.15) is 0 Å². The zero-order valence-corrected chi connectivity index (χ0v) is 12.4. The first kappa shape index (κ1) is 13.8. The highest BCUT2D eigenvalue weighted by molar-refractivity contribution is 7.93. The van der Waals surface area contributed by atoms with Gasteiger partial charge in [-0.15, -0.1) is 0 Å². The van der Waals surface area contributed by atoms with Crippen molar-refractivity contribution in [2.24, 2.45) is 5.84 Å². The van der Waals surface area contributed by atoms with Gasteiger partial charge in [0, 0.05) is 5.69 Å². The van der Waals surface area contributed by atoms with E-state index in [9.17, 15) is 8.42 Å².